The molecule has 0 saturated carbocycles. The molecule has 0 aliphatic rings. The van der Waals surface area contributed by atoms with Crippen LogP contribution in [-0.4, -0.2) is 33.9 Å². The van der Waals surface area contributed by atoms with Crippen molar-refractivity contribution >= 4 is 16.6 Å². The number of benzene rings is 1. The SMILES string of the molecule is CC(CO)(CO)Nc1c(C#N)cnc2ccccc12. The number of nitrogens with one attached hydrogen (secondary N) is 1. The zero-order valence-electron chi connectivity index (χ0n) is 10.6. The summed E-state index contributed by atoms with van der Waals surface area (Å²) >= 11 is 0. The number of aliphatic hydroxyl groups is 2. The van der Waals surface area contributed by atoms with Gasteiger partial charge in [-0.15, -0.1) is 0 Å². The van der Waals surface area contributed by atoms with Gasteiger partial charge < -0.3 is 15.5 Å². The Morgan fingerprint density at radius 1 is 1.32 bits per heavy atom. The number of pyridine rings is 1. The van der Waals surface area contributed by atoms with Crippen molar-refractivity contribution in [2.75, 3.05) is 18.5 Å². The summed E-state index contributed by atoms with van der Waals surface area (Å²) in [5.41, 5.74) is 0.822. The molecule has 0 unspecified atom stereocenters. The normalized spacial score (nSPS) is 11.3. The maximum atomic E-state index is 9.36. The molecule has 0 spiro atoms. The van der Waals surface area contributed by atoms with Crippen molar-refractivity contribution in [3.05, 3.63) is 36.0 Å². The Hall–Kier alpha value is -2.16. The third-order valence-electron chi connectivity index (χ3n) is 3.02. The van der Waals surface area contributed by atoms with E-state index in [2.05, 4.69) is 16.4 Å². The first-order chi connectivity index (χ1) is 9.13. The molecule has 0 fully saturated rings. The molecule has 5 nitrogen and oxygen atoms in total. The third kappa shape index (κ3) is 2.50. The van der Waals surface area contributed by atoms with Crippen LogP contribution in [0.3, 0.4) is 0 Å². The van der Waals surface area contributed by atoms with Gasteiger partial charge in [0.25, 0.3) is 0 Å². The lowest BCUT2D eigenvalue weighted by Gasteiger charge is -2.28. The summed E-state index contributed by atoms with van der Waals surface area (Å²) < 4.78 is 0. The van der Waals surface area contributed by atoms with Crippen LogP contribution < -0.4 is 5.32 Å². The largest absolute Gasteiger partial charge is 0.394 e. The Bertz CT molecular complexity index is 630. The number of hydrogen-bond acceptors (Lipinski definition) is 5. The number of fused-ring (bicyclic) bond motifs is 1. The van der Waals surface area contributed by atoms with Crippen molar-refractivity contribution < 1.29 is 10.2 Å². The number of para-hydroxylation sites is 1. The van der Waals surface area contributed by atoms with Gasteiger partial charge in [-0.2, -0.15) is 5.26 Å². The fourth-order valence-electron chi connectivity index (χ4n) is 1.79. The third-order valence-corrected chi connectivity index (χ3v) is 3.02. The second kappa shape index (κ2) is 5.22. The molecule has 98 valence electrons. The summed E-state index contributed by atoms with van der Waals surface area (Å²) in [7, 11) is 0. The van der Waals surface area contributed by atoms with Gasteiger partial charge in [0.1, 0.15) is 6.07 Å². The molecule has 0 bridgehead atoms. The fourth-order valence-corrected chi connectivity index (χ4v) is 1.79. The molecule has 1 aromatic heterocycles. The lowest BCUT2D eigenvalue weighted by atomic mass is 10.0. The highest BCUT2D eigenvalue weighted by Crippen LogP contribution is 2.27. The van der Waals surface area contributed by atoms with E-state index in [1.165, 1.54) is 6.20 Å². The van der Waals surface area contributed by atoms with E-state index in [0.29, 0.717) is 11.3 Å². The van der Waals surface area contributed by atoms with E-state index in [1.807, 2.05) is 24.3 Å². The summed E-state index contributed by atoms with van der Waals surface area (Å²) in [6.45, 7) is 1.19. The number of aromatic nitrogens is 1. The number of anilines is 1. The number of aliphatic hydroxyl groups excluding tert-OH is 2. The first-order valence-corrected chi connectivity index (χ1v) is 5.91. The summed E-state index contributed by atoms with van der Waals surface area (Å²) in [4.78, 5) is 4.21. The van der Waals surface area contributed by atoms with Crippen molar-refractivity contribution in [1.29, 1.82) is 5.26 Å². The van der Waals surface area contributed by atoms with Gasteiger partial charge in [0.05, 0.1) is 35.5 Å². The van der Waals surface area contributed by atoms with E-state index >= 15 is 0 Å². The first-order valence-electron chi connectivity index (χ1n) is 5.91. The fraction of sp³-hybridized carbons (Fsp3) is 0.286. The highest BCUT2D eigenvalue weighted by atomic mass is 16.3. The summed E-state index contributed by atoms with van der Waals surface area (Å²) in [5.74, 6) is 0. The van der Waals surface area contributed by atoms with Crippen molar-refractivity contribution in [1.82, 2.24) is 4.98 Å². The predicted molar refractivity (Wildman–Crippen MR) is 72.7 cm³/mol. The number of hydrogen-bond donors (Lipinski definition) is 3. The van der Waals surface area contributed by atoms with E-state index in [0.717, 1.165) is 10.9 Å². The molecule has 0 atom stereocenters. The zero-order chi connectivity index (χ0) is 13.9. The van der Waals surface area contributed by atoms with E-state index in [-0.39, 0.29) is 13.2 Å². The van der Waals surface area contributed by atoms with Crippen LogP contribution in [0.25, 0.3) is 10.9 Å². The van der Waals surface area contributed by atoms with E-state index in [4.69, 9.17) is 5.26 Å². The standard InChI is InChI=1S/C14H15N3O2/c1-14(8-18,9-19)17-13-10(6-15)7-16-12-5-3-2-4-11(12)13/h2-5,7,18-19H,8-9H2,1H3,(H,16,17). The molecular formula is C14H15N3O2. The lowest BCUT2D eigenvalue weighted by Crippen LogP contribution is -2.42. The molecule has 0 radical (unpaired) electrons. The Balaban J connectivity index is 2.60. The van der Waals surface area contributed by atoms with E-state index in [9.17, 15) is 10.2 Å². The van der Waals surface area contributed by atoms with Gasteiger partial charge in [-0.3, -0.25) is 4.98 Å². The topological polar surface area (TPSA) is 89.2 Å². The number of nitriles is 1. The molecule has 19 heavy (non-hydrogen) atoms. The molecule has 0 saturated heterocycles. The van der Waals surface area contributed by atoms with Gasteiger partial charge in [-0.1, -0.05) is 18.2 Å². The zero-order valence-corrected chi connectivity index (χ0v) is 10.6. The highest BCUT2D eigenvalue weighted by Gasteiger charge is 2.24. The molecular weight excluding hydrogens is 242 g/mol. The quantitative estimate of drug-likeness (QED) is 0.767. The van der Waals surface area contributed by atoms with Gasteiger partial charge in [-0.25, -0.2) is 0 Å². The molecule has 3 N–H and O–H groups in total. The molecule has 0 aliphatic heterocycles. The minimum absolute atomic E-state index is 0.245. The second-order valence-electron chi connectivity index (χ2n) is 4.68. The first kappa shape index (κ1) is 13.3. The Labute approximate surface area is 111 Å². The monoisotopic (exact) mass is 257 g/mol. The Kier molecular flexibility index (Phi) is 3.65. The smallest absolute Gasteiger partial charge is 0.103 e. The molecule has 2 aromatic rings. The van der Waals surface area contributed by atoms with Crippen LogP contribution in [0.4, 0.5) is 5.69 Å². The summed E-state index contributed by atoms with van der Waals surface area (Å²) in [6.07, 6.45) is 1.49. The average molecular weight is 257 g/mol. The van der Waals surface area contributed by atoms with Crippen molar-refractivity contribution in [3.63, 3.8) is 0 Å². The number of rotatable bonds is 4. The lowest BCUT2D eigenvalue weighted by molar-refractivity contribution is 0.147. The van der Waals surface area contributed by atoms with E-state index in [1.54, 1.807) is 6.92 Å². The van der Waals surface area contributed by atoms with Crippen LogP contribution in [0.5, 0.6) is 0 Å². The second-order valence-corrected chi connectivity index (χ2v) is 4.68. The van der Waals surface area contributed by atoms with Crippen molar-refractivity contribution in [2.45, 2.75) is 12.5 Å². The van der Waals surface area contributed by atoms with Crippen molar-refractivity contribution in [3.8, 4) is 6.07 Å². The Morgan fingerprint density at radius 2 is 2.00 bits per heavy atom. The molecule has 5 heteroatoms. The van der Waals surface area contributed by atoms with Crippen LogP contribution in [0.15, 0.2) is 30.5 Å². The molecule has 2 rings (SSSR count). The average Bonchev–Trinajstić information content (AvgIpc) is 2.47. The van der Waals surface area contributed by atoms with Gasteiger partial charge in [-0.05, 0) is 13.0 Å². The minimum Gasteiger partial charge on any atom is -0.394 e. The maximum Gasteiger partial charge on any atom is 0.103 e. The van der Waals surface area contributed by atoms with Crippen LogP contribution in [0.2, 0.25) is 0 Å². The highest BCUT2D eigenvalue weighted by molar-refractivity contribution is 5.94. The molecule has 1 heterocycles. The maximum absolute atomic E-state index is 9.36. The molecule has 1 aromatic carbocycles. The predicted octanol–water partition coefficient (Wildman–Crippen LogP) is 1.26. The minimum atomic E-state index is -0.893. The number of nitrogens with zero attached hydrogens (tertiary/aromatic N) is 2. The van der Waals surface area contributed by atoms with Gasteiger partial charge in [0.2, 0.25) is 0 Å². The van der Waals surface area contributed by atoms with Crippen LogP contribution in [0, 0.1) is 11.3 Å². The van der Waals surface area contributed by atoms with E-state index < -0.39 is 5.54 Å². The molecule has 0 aliphatic carbocycles. The Morgan fingerprint density at radius 3 is 2.63 bits per heavy atom. The van der Waals surface area contributed by atoms with Crippen molar-refractivity contribution in [2.24, 2.45) is 0 Å². The van der Waals surface area contributed by atoms with Gasteiger partial charge in [0, 0.05) is 11.6 Å². The van der Waals surface area contributed by atoms with Gasteiger partial charge >= 0.3 is 0 Å². The molecule has 0 amide bonds. The van der Waals surface area contributed by atoms with Gasteiger partial charge in [0.15, 0.2) is 0 Å². The summed E-state index contributed by atoms with van der Waals surface area (Å²) in [6, 6.07) is 9.48. The van der Waals surface area contributed by atoms with Crippen LogP contribution in [0.1, 0.15) is 12.5 Å². The summed E-state index contributed by atoms with van der Waals surface area (Å²) in [5, 5.41) is 31.7. The van der Waals surface area contributed by atoms with Crippen LogP contribution >= 0.6 is 0 Å². The van der Waals surface area contributed by atoms with Crippen LogP contribution in [-0.2, 0) is 0 Å².